The molecule has 0 bridgehead atoms. The summed E-state index contributed by atoms with van der Waals surface area (Å²) in [6, 6.07) is 14.0. The SMILES string of the molecule is O=C(CNCCc1ccccc1)NCc1ccncc1. The third-order valence-electron chi connectivity index (χ3n) is 2.96. The van der Waals surface area contributed by atoms with Crippen molar-refractivity contribution in [1.29, 1.82) is 0 Å². The van der Waals surface area contributed by atoms with Gasteiger partial charge in [-0.2, -0.15) is 0 Å². The standard InChI is InChI=1S/C16H19N3O/c20-16(19-12-15-7-9-17-10-8-15)13-18-11-6-14-4-2-1-3-5-14/h1-5,7-10,18H,6,11-13H2,(H,19,20). The number of carbonyl (C=O) groups is 1. The summed E-state index contributed by atoms with van der Waals surface area (Å²) in [6.07, 6.45) is 4.37. The Morgan fingerprint density at radius 3 is 2.50 bits per heavy atom. The molecule has 0 atom stereocenters. The van der Waals surface area contributed by atoms with Crippen LogP contribution in [0.2, 0.25) is 0 Å². The monoisotopic (exact) mass is 269 g/mol. The number of benzene rings is 1. The Hall–Kier alpha value is -2.20. The van der Waals surface area contributed by atoms with Crippen LogP contribution in [-0.4, -0.2) is 24.0 Å². The highest BCUT2D eigenvalue weighted by atomic mass is 16.1. The normalized spacial score (nSPS) is 10.2. The van der Waals surface area contributed by atoms with Gasteiger partial charge in [-0.15, -0.1) is 0 Å². The minimum atomic E-state index is 0.00914. The second-order valence-corrected chi connectivity index (χ2v) is 4.54. The minimum Gasteiger partial charge on any atom is -0.351 e. The molecule has 0 aliphatic heterocycles. The molecule has 0 saturated heterocycles. The maximum absolute atomic E-state index is 11.6. The van der Waals surface area contributed by atoms with Crippen molar-refractivity contribution in [3.05, 3.63) is 66.0 Å². The van der Waals surface area contributed by atoms with E-state index in [2.05, 4.69) is 27.8 Å². The number of nitrogens with one attached hydrogen (secondary N) is 2. The smallest absolute Gasteiger partial charge is 0.234 e. The van der Waals surface area contributed by atoms with Crippen LogP contribution in [0, 0.1) is 0 Å². The van der Waals surface area contributed by atoms with E-state index in [1.165, 1.54) is 5.56 Å². The van der Waals surface area contributed by atoms with Gasteiger partial charge in [0.05, 0.1) is 6.54 Å². The molecule has 0 aliphatic carbocycles. The number of rotatable bonds is 7. The third kappa shape index (κ3) is 5.20. The van der Waals surface area contributed by atoms with E-state index in [4.69, 9.17) is 0 Å². The fourth-order valence-corrected chi connectivity index (χ4v) is 1.84. The van der Waals surface area contributed by atoms with Gasteiger partial charge in [0.25, 0.3) is 0 Å². The van der Waals surface area contributed by atoms with Crippen LogP contribution in [-0.2, 0) is 17.8 Å². The molecule has 0 radical (unpaired) electrons. The Morgan fingerprint density at radius 2 is 1.75 bits per heavy atom. The molecule has 1 amide bonds. The highest BCUT2D eigenvalue weighted by Crippen LogP contribution is 1.98. The first-order valence-electron chi connectivity index (χ1n) is 6.75. The van der Waals surface area contributed by atoms with Crippen molar-refractivity contribution in [3.8, 4) is 0 Å². The molecule has 2 N–H and O–H groups in total. The lowest BCUT2D eigenvalue weighted by atomic mass is 10.1. The van der Waals surface area contributed by atoms with Gasteiger partial charge < -0.3 is 10.6 Å². The molecule has 0 saturated carbocycles. The van der Waals surface area contributed by atoms with E-state index in [-0.39, 0.29) is 5.91 Å². The summed E-state index contributed by atoms with van der Waals surface area (Å²) in [7, 11) is 0. The number of aromatic nitrogens is 1. The number of nitrogens with zero attached hydrogens (tertiary/aromatic N) is 1. The zero-order valence-corrected chi connectivity index (χ0v) is 11.4. The van der Waals surface area contributed by atoms with Gasteiger partial charge >= 0.3 is 0 Å². The lowest BCUT2D eigenvalue weighted by Crippen LogP contribution is -2.34. The lowest BCUT2D eigenvalue weighted by Gasteiger charge is -2.07. The van der Waals surface area contributed by atoms with Crippen LogP contribution in [0.3, 0.4) is 0 Å². The van der Waals surface area contributed by atoms with Gasteiger partial charge in [0, 0.05) is 18.9 Å². The summed E-state index contributed by atoms with van der Waals surface area (Å²) in [5, 5.41) is 6.01. The average Bonchev–Trinajstić information content (AvgIpc) is 2.52. The maximum atomic E-state index is 11.6. The van der Waals surface area contributed by atoms with E-state index in [0.29, 0.717) is 13.1 Å². The van der Waals surface area contributed by atoms with E-state index >= 15 is 0 Å². The van der Waals surface area contributed by atoms with Crippen LogP contribution < -0.4 is 10.6 Å². The Bertz CT molecular complexity index is 514. The summed E-state index contributed by atoms with van der Waals surface area (Å²) >= 11 is 0. The molecule has 0 aliphatic rings. The Labute approximate surface area is 119 Å². The van der Waals surface area contributed by atoms with Crippen LogP contribution in [0.25, 0.3) is 0 Å². The average molecular weight is 269 g/mol. The van der Waals surface area contributed by atoms with Crippen molar-refractivity contribution in [2.75, 3.05) is 13.1 Å². The van der Waals surface area contributed by atoms with Crippen molar-refractivity contribution < 1.29 is 4.79 Å². The molecule has 1 aromatic heterocycles. The predicted octanol–water partition coefficient (Wildman–Crippen LogP) is 1.53. The number of carbonyl (C=O) groups excluding carboxylic acids is 1. The second kappa shape index (κ2) is 8.07. The molecule has 104 valence electrons. The summed E-state index contributed by atoms with van der Waals surface area (Å²) in [6.45, 7) is 1.69. The first-order valence-corrected chi connectivity index (χ1v) is 6.75. The van der Waals surface area contributed by atoms with Crippen molar-refractivity contribution in [1.82, 2.24) is 15.6 Å². The van der Waals surface area contributed by atoms with Crippen molar-refractivity contribution in [2.24, 2.45) is 0 Å². The molecule has 0 unspecified atom stereocenters. The van der Waals surface area contributed by atoms with Crippen LogP contribution in [0.5, 0.6) is 0 Å². The van der Waals surface area contributed by atoms with Crippen LogP contribution in [0.15, 0.2) is 54.9 Å². The number of pyridine rings is 1. The number of hydrogen-bond donors (Lipinski definition) is 2. The fraction of sp³-hybridized carbons (Fsp3) is 0.250. The Kier molecular flexibility index (Phi) is 5.73. The predicted molar refractivity (Wildman–Crippen MR) is 79.1 cm³/mol. The molecule has 4 heteroatoms. The van der Waals surface area contributed by atoms with Gasteiger partial charge in [-0.3, -0.25) is 9.78 Å². The zero-order chi connectivity index (χ0) is 14.0. The van der Waals surface area contributed by atoms with E-state index in [9.17, 15) is 4.79 Å². The van der Waals surface area contributed by atoms with Gasteiger partial charge in [0.2, 0.25) is 5.91 Å². The second-order valence-electron chi connectivity index (χ2n) is 4.54. The molecule has 2 aromatic rings. The molecule has 2 rings (SSSR count). The summed E-state index contributed by atoms with van der Waals surface area (Å²) < 4.78 is 0. The zero-order valence-electron chi connectivity index (χ0n) is 11.4. The molecular weight excluding hydrogens is 250 g/mol. The van der Waals surface area contributed by atoms with Crippen molar-refractivity contribution >= 4 is 5.91 Å². The molecule has 20 heavy (non-hydrogen) atoms. The Balaban J connectivity index is 1.59. The topological polar surface area (TPSA) is 54.0 Å². The first kappa shape index (κ1) is 14.2. The minimum absolute atomic E-state index is 0.00914. The molecule has 1 aromatic carbocycles. The third-order valence-corrected chi connectivity index (χ3v) is 2.96. The summed E-state index contributed by atoms with van der Waals surface area (Å²) in [5.74, 6) is 0.00914. The Morgan fingerprint density at radius 1 is 1.00 bits per heavy atom. The van der Waals surface area contributed by atoms with Crippen molar-refractivity contribution in [3.63, 3.8) is 0 Å². The van der Waals surface area contributed by atoms with Gasteiger partial charge in [-0.1, -0.05) is 30.3 Å². The fourth-order valence-electron chi connectivity index (χ4n) is 1.84. The summed E-state index contributed by atoms with van der Waals surface area (Å²) in [4.78, 5) is 15.6. The van der Waals surface area contributed by atoms with Crippen LogP contribution in [0.4, 0.5) is 0 Å². The van der Waals surface area contributed by atoms with E-state index in [0.717, 1.165) is 18.5 Å². The maximum Gasteiger partial charge on any atom is 0.234 e. The summed E-state index contributed by atoms with van der Waals surface area (Å²) in [5.41, 5.74) is 2.33. The van der Waals surface area contributed by atoms with Gasteiger partial charge in [0.1, 0.15) is 0 Å². The van der Waals surface area contributed by atoms with Crippen molar-refractivity contribution in [2.45, 2.75) is 13.0 Å². The molecule has 4 nitrogen and oxygen atoms in total. The molecular formula is C16H19N3O. The van der Waals surface area contributed by atoms with E-state index < -0.39 is 0 Å². The lowest BCUT2D eigenvalue weighted by molar-refractivity contribution is -0.120. The van der Waals surface area contributed by atoms with E-state index in [1.54, 1.807) is 12.4 Å². The molecule has 1 heterocycles. The van der Waals surface area contributed by atoms with E-state index in [1.807, 2.05) is 30.3 Å². The van der Waals surface area contributed by atoms with Crippen LogP contribution in [0.1, 0.15) is 11.1 Å². The number of hydrogen-bond acceptors (Lipinski definition) is 3. The van der Waals surface area contributed by atoms with Gasteiger partial charge in [0.15, 0.2) is 0 Å². The van der Waals surface area contributed by atoms with Gasteiger partial charge in [-0.25, -0.2) is 0 Å². The first-order chi connectivity index (χ1) is 9.84. The van der Waals surface area contributed by atoms with Crippen LogP contribution >= 0.6 is 0 Å². The molecule has 0 fully saturated rings. The molecule has 0 spiro atoms. The quantitative estimate of drug-likeness (QED) is 0.750. The number of amides is 1. The largest absolute Gasteiger partial charge is 0.351 e. The highest BCUT2D eigenvalue weighted by molar-refractivity contribution is 5.77. The highest BCUT2D eigenvalue weighted by Gasteiger charge is 2.00. The van der Waals surface area contributed by atoms with Gasteiger partial charge in [-0.05, 0) is 36.2 Å².